The summed E-state index contributed by atoms with van der Waals surface area (Å²) in [4.78, 5) is 28.3. The van der Waals surface area contributed by atoms with Gasteiger partial charge in [0.1, 0.15) is 6.29 Å². The number of aryl methyl sites for hydroxylation is 1. The zero-order valence-corrected chi connectivity index (χ0v) is 18.4. The predicted molar refractivity (Wildman–Crippen MR) is 123 cm³/mol. The highest BCUT2D eigenvalue weighted by atomic mass is 16.1. The molecule has 0 spiro atoms. The molecule has 162 valence electrons. The van der Waals surface area contributed by atoms with Gasteiger partial charge in [0.05, 0.1) is 0 Å². The first-order chi connectivity index (χ1) is 15.0. The summed E-state index contributed by atoms with van der Waals surface area (Å²) in [6, 6.07) is 11.3. The van der Waals surface area contributed by atoms with Gasteiger partial charge in [-0.05, 0) is 65.9 Å². The summed E-state index contributed by atoms with van der Waals surface area (Å²) < 4.78 is 1.96. The van der Waals surface area contributed by atoms with Crippen LogP contribution < -0.4 is 10.6 Å². The van der Waals surface area contributed by atoms with Gasteiger partial charge in [0.25, 0.3) is 5.91 Å². The van der Waals surface area contributed by atoms with Crippen LogP contribution in [0.5, 0.6) is 0 Å². The molecule has 2 heterocycles. The molecule has 0 bridgehead atoms. The van der Waals surface area contributed by atoms with E-state index in [1.54, 1.807) is 12.1 Å². The van der Waals surface area contributed by atoms with Crippen molar-refractivity contribution in [3.63, 3.8) is 0 Å². The minimum Gasteiger partial charge on any atom is -0.352 e. The third kappa shape index (κ3) is 6.12. The number of aldehydes is 1. The lowest BCUT2D eigenvalue weighted by atomic mass is 10.0. The van der Waals surface area contributed by atoms with Crippen LogP contribution in [0.4, 0.5) is 0 Å². The number of benzene rings is 1. The highest BCUT2D eigenvalue weighted by molar-refractivity contribution is 5.97. The minimum absolute atomic E-state index is 0.173. The fourth-order valence-electron chi connectivity index (χ4n) is 3.43. The van der Waals surface area contributed by atoms with Crippen molar-refractivity contribution in [2.75, 3.05) is 13.1 Å². The first kappa shape index (κ1) is 22.4. The molecule has 0 saturated heterocycles. The first-order valence-electron chi connectivity index (χ1n) is 10.6. The summed E-state index contributed by atoms with van der Waals surface area (Å²) in [7, 11) is 1.94. The summed E-state index contributed by atoms with van der Waals surface area (Å²) in [5.41, 5.74) is 5.18. The van der Waals surface area contributed by atoms with Crippen molar-refractivity contribution in [3.05, 3.63) is 77.2 Å². The van der Waals surface area contributed by atoms with Gasteiger partial charge >= 0.3 is 0 Å². The molecule has 0 aliphatic heterocycles. The van der Waals surface area contributed by atoms with Crippen LogP contribution in [0.3, 0.4) is 0 Å². The number of rotatable bonds is 10. The van der Waals surface area contributed by atoms with E-state index in [0.29, 0.717) is 23.6 Å². The summed E-state index contributed by atoms with van der Waals surface area (Å²) in [6.45, 7) is 6.41. The van der Waals surface area contributed by atoms with Gasteiger partial charge in [0.2, 0.25) is 0 Å². The summed E-state index contributed by atoms with van der Waals surface area (Å²) in [5, 5.41) is 6.34. The fourth-order valence-corrected chi connectivity index (χ4v) is 3.43. The Morgan fingerprint density at radius 3 is 2.71 bits per heavy atom. The molecule has 0 fully saturated rings. The summed E-state index contributed by atoms with van der Waals surface area (Å²) in [6.07, 6.45) is 7.31. The maximum Gasteiger partial charge on any atom is 0.251 e. The molecule has 2 N–H and O–H groups in total. The predicted octanol–water partition coefficient (Wildman–Crippen LogP) is 3.93. The number of aromatic nitrogens is 2. The second-order valence-corrected chi connectivity index (χ2v) is 8.03. The second kappa shape index (κ2) is 10.7. The lowest BCUT2D eigenvalue weighted by Gasteiger charge is -2.10. The Morgan fingerprint density at radius 1 is 1.16 bits per heavy atom. The van der Waals surface area contributed by atoms with Crippen LogP contribution in [-0.4, -0.2) is 34.8 Å². The molecule has 3 rings (SSSR count). The van der Waals surface area contributed by atoms with Crippen molar-refractivity contribution in [2.24, 2.45) is 7.05 Å². The van der Waals surface area contributed by atoms with Crippen LogP contribution in [0.15, 0.2) is 55.0 Å². The molecule has 1 aromatic carbocycles. The van der Waals surface area contributed by atoms with Crippen molar-refractivity contribution in [2.45, 2.75) is 32.7 Å². The zero-order chi connectivity index (χ0) is 22.2. The number of nitrogens with one attached hydrogen (secondary N) is 2. The SMILES string of the molecule is CC(C)c1cncc(CNCCCNC(=O)c2cc(C=O)cc(-c3cccn3C)c2)c1. The van der Waals surface area contributed by atoms with Crippen molar-refractivity contribution in [3.8, 4) is 11.3 Å². The van der Waals surface area contributed by atoms with Crippen molar-refractivity contribution in [1.29, 1.82) is 0 Å². The lowest BCUT2D eigenvalue weighted by molar-refractivity contribution is 0.0953. The Hall–Kier alpha value is -3.25. The molecule has 1 amide bonds. The Labute approximate surface area is 183 Å². The fraction of sp³-hybridized carbons (Fsp3) is 0.320. The van der Waals surface area contributed by atoms with E-state index in [4.69, 9.17) is 0 Å². The molecule has 0 atom stereocenters. The van der Waals surface area contributed by atoms with E-state index in [2.05, 4.69) is 35.5 Å². The minimum atomic E-state index is -0.173. The Bertz CT molecular complexity index is 1040. The monoisotopic (exact) mass is 418 g/mol. The van der Waals surface area contributed by atoms with Gasteiger partial charge in [-0.2, -0.15) is 0 Å². The van der Waals surface area contributed by atoms with Gasteiger partial charge in [-0.3, -0.25) is 14.6 Å². The molecule has 0 radical (unpaired) electrons. The molecule has 0 aliphatic rings. The topological polar surface area (TPSA) is 76.0 Å². The van der Waals surface area contributed by atoms with Crippen molar-refractivity contribution in [1.82, 2.24) is 20.2 Å². The van der Waals surface area contributed by atoms with E-state index in [9.17, 15) is 9.59 Å². The molecule has 0 unspecified atom stereocenters. The van der Waals surface area contributed by atoms with Crippen LogP contribution in [0, 0.1) is 0 Å². The van der Waals surface area contributed by atoms with Gasteiger partial charge in [0, 0.05) is 55.5 Å². The Balaban J connectivity index is 1.49. The number of hydrogen-bond acceptors (Lipinski definition) is 4. The smallest absolute Gasteiger partial charge is 0.251 e. The van der Waals surface area contributed by atoms with E-state index >= 15 is 0 Å². The highest BCUT2D eigenvalue weighted by Gasteiger charge is 2.11. The van der Waals surface area contributed by atoms with Gasteiger partial charge in [-0.25, -0.2) is 0 Å². The van der Waals surface area contributed by atoms with Crippen LogP contribution in [-0.2, 0) is 13.6 Å². The standard InChI is InChI=1S/C25H30N4O2/c1-18(2)23-12-20(15-27-16-23)14-26-7-5-8-28-25(31)22-11-19(17-30)10-21(13-22)24-6-4-9-29(24)3/h4,6,9-13,15-18,26H,5,7-8,14H2,1-3H3,(H,28,31). The van der Waals surface area contributed by atoms with Gasteiger partial charge in [-0.15, -0.1) is 0 Å². The third-order valence-corrected chi connectivity index (χ3v) is 5.22. The maximum atomic E-state index is 12.6. The molecule has 6 nitrogen and oxygen atoms in total. The molecule has 31 heavy (non-hydrogen) atoms. The van der Waals surface area contributed by atoms with Crippen LogP contribution >= 0.6 is 0 Å². The molecule has 6 heteroatoms. The van der Waals surface area contributed by atoms with E-state index in [0.717, 1.165) is 42.6 Å². The first-order valence-corrected chi connectivity index (χ1v) is 10.6. The van der Waals surface area contributed by atoms with Crippen molar-refractivity contribution >= 4 is 12.2 Å². The molecular weight excluding hydrogens is 388 g/mol. The Morgan fingerprint density at radius 2 is 2.00 bits per heavy atom. The molecular formula is C25H30N4O2. The Kier molecular flexibility index (Phi) is 7.73. The molecule has 2 aromatic heterocycles. The number of carbonyl (C=O) groups excluding carboxylic acids is 2. The van der Waals surface area contributed by atoms with Crippen LogP contribution in [0.1, 0.15) is 58.0 Å². The number of amides is 1. The maximum absolute atomic E-state index is 12.6. The van der Waals surface area contributed by atoms with E-state index < -0.39 is 0 Å². The molecule has 0 aliphatic carbocycles. The molecule has 0 saturated carbocycles. The van der Waals surface area contributed by atoms with Gasteiger partial charge < -0.3 is 15.2 Å². The van der Waals surface area contributed by atoms with E-state index in [-0.39, 0.29) is 5.91 Å². The number of hydrogen-bond donors (Lipinski definition) is 2. The molecule has 3 aromatic rings. The summed E-state index contributed by atoms with van der Waals surface area (Å²) >= 11 is 0. The van der Waals surface area contributed by atoms with E-state index in [1.807, 2.05) is 48.4 Å². The van der Waals surface area contributed by atoms with Crippen LogP contribution in [0.25, 0.3) is 11.3 Å². The van der Waals surface area contributed by atoms with Gasteiger partial charge in [-0.1, -0.05) is 19.9 Å². The average Bonchev–Trinajstić information content (AvgIpc) is 3.21. The normalized spacial score (nSPS) is 11.0. The van der Waals surface area contributed by atoms with Crippen LogP contribution in [0.2, 0.25) is 0 Å². The zero-order valence-electron chi connectivity index (χ0n) is 18.4. The number of carbonyl (C=O) groups is 2. The lowest BCUT2D eigenvalue weighted by Crippen LogP contribution is -2.27. The van der Waals surface area contributed by atoms with E-state index in [1.165, 1.54) is 5.56 Å². The largest absolute Gasteiger partial charge is 0.352 e. The highest BCUT2D eigenvalue weighted by Crippen LogP contribution is 2.22. The van der Waals surface area contributed by atoms with Gasteiger partial charge in [0.15, 0.2) is 0 Å². The quantitative estimate of drug-likeness (QED) is 0.386. The summed E-state index contributed by atoms with van der Waals surface area (Å²) in [5.74, 6) is 0.288. The average molecular weight is 419 g/mol. The number of pyridine rings is 1. The number of nitrogens with zero attached hydrogens (tertiary/aromatic N) is 2. The second-order valence-electron chi connectivity index (χ2n) is 8.03. The third-order valence-electron chi connectivity index (χ3n) is 5.22. The van der Waals surface area contributed by atoms with Crippen molar-refractivity contribution < 1.29 is 9.59 Å².